The third-order valence-electron chi connectivity index (χ3n) is 3.90. The van der Waals surface area contributed by atoms with Crippen LogP contribution in [0.2, 0.25) is 0 Å². The van der Waals surface area contributed by atoms with Crippen LogP contribution in [0.25, 0.3) is 0 Å². The first-order chi connectivity index (χ1) is 10.6. The number of aromatic nitrogens is 2. The fourth-order valence-electron chi connectivity index (χ4n) is 2.62. The normalized spacial score (nSPS) is 23.0. The summed E-state index contributed by atoms with van der Waals surface area (Å²) in [7, 11) is -3.34. The number of carbonyl (C=O) groups is 1. The van der Waals surface area contributed by atoms with Crippen molar-refractivity contribution in [2.75, 3.05) is 32.5 Å². The van der Waals surface area contributed by atoms with E-state index in [1.165, 1.54) is 4.31 Å². The zero-order valence-electron chi connectivity index (χ0n) is 14.0. The lowest BCUT2D eigenvalue weighted by Gasteiger charge is -2.37. The molecular weight excluding hydrogens is 320 g/mol. The summed E-state index contributed by atoms with van der Waals surface area (Å²) < 4.78 is 32.0. The van der Waals surface area contributed by atoms with Gasteiger partial charge < -0.3 is 10.1 Å². The van der Waals surface area contributed by atoms with E-state index in [1.54, 1.807) is 6.92 Å². The largest absolute Gasteiger partial charge is 0.363 e. The highest BCUT2D eigenvalue weighted by Crippen LogP contribution is 2.19. The Balaban J connectivity index is 1.93. The van der Waals surface area contributed by atoms with Crippen molar-refractivity contribution in [3.8, 4) is 0 Å². The van der Waals surface area contributed by atoms with Gasteiger partial charge in [-0.15, -0.1) is 0 Å². The van der Waals surface area contributed by atoms with Crippen LogP contribution >= 0.6 is 0 Å². The summed E-state index contributed by atoms with van der Waals surface area (Å²) in [4.78, 5) is 12.4. The van der Waals surface area contributed by atoms with E-state index < -0.39 is 15.6 Å². The van der Waals surface area contributed by atoms with Crippen LogP contribution < -0.4 is 5.32 Å². The van der Waals surface area contributed by atoms with E-state index in [0.717, 1.165) is 17.6 Å². The van der Waals surface area contributed by atoms with Crippen LogP contribution in [0.5, 0.6) is 0 Å². The van der Waals surface area contributed by atoms with Crippen LogP contribution in [0.3, 0.4) is 0 Å². The van der Waals surface area contributed by atoms with Gasteiger partial charge >= 0.3 is 0 Å². The van der Waals surface area contributed by atoms with Crippen molar-refractivity contribution in [2.24, 2.45) is 0 Å². The smallest absolute Gasteiger partial charge is 0.253 e. The molecule has 1 saturated heterocycles. The van der Waals surface area contributed by atoms with Crippen LogP contribution in [0.1, 0.15) is 18.3 Å². The monoisotopic (exact) mass is 344 g/mol. The van der Waals surface area contributed by atoms with Gasteiger partial charge in [0.25, 0.3) is 5.91 Å². The first-order valence-corrected chi connectivity index (χ1v) is 9.35. The number of sulfonamides is 1. The lowest BCUT2D eigenvalue weighted by atomic mass is 10.0. The summed E-state index contributed by atoms with van der Waals surface area (Å²) >= 11 is 0. The SMILES string of the molecule is Cc1cc(C)n(CCNC(=O)C2(C)CN(S(C)(=O)=O)CCO2)n1. The molecule has 1 aliphatic rings. The predicted molar refractivity (Wildman–Crippen MR) is 85.5 cm³/mol. The summed E-state index contributed by atoms with van der Waals surface area (Å²) in [6.07, 6.45) is 1.14. The molecule has 130 valence electrons. The Hall–Kier alpha value is -1.45. The zero-order valence-corrected chi connectivity index (χ0v) is 14.8. The van der Waals surface area contributed by atoms with Gasteiger partial charge in [0, 0.05) is 18.8 Å². The molecule has 0 spiro atoms. The molecule has 9 heteroatoms. The number of rotatable bonds is 5. The molecule has 0 bridgehead atoms. The second kappa shape index (κ2) is 6.58. The van der Waals surface area contributed by atoms with E-state index in [4.69, 9.17) is 4.74 Å². The molecule has 1 aromatic heterocycles. The number of amides is 1. The Morgan fingerprint density at radius 3 is 2.74 bits per heavy atom. The van der Waals surface area contributed by atoms with E-state index in [1.807, 2.05) is 24.6 Å². The van der Waals surface area contributed by atoms with Crippen molar-refractivity contribution in [2.45, 2.75) is 32.9 Å². The Morgan fingerprint density at radius 2 is 2.17 bits per heavy atom. The van der Waals surface area contributed by atoms with Crippen molar-refractivity contribution in [1.82, 2.24) is 19.4 Å². The average molecular weight is 344 g/mol. The van der Waals surface area contributed by atoms with Gasteiger partial charge in [0.15, 0.2) is 5.60 Å². The first kappa shape index (κ1) is 17.9. The molecule has 2 rings (SSSR count). The van der Waals surface area contributed by atoms with Crippen LogP contribution in [0.4, 0.5) is 0 Å². The van der Waals surface area contributed by atoms with Crippen molar-refractivity contribution >= 4 is 15.9 Å². The highest BCUT2D eigenvalue weighted by Gasteiger charge is 2.41. The molecule has 0 saturated carbocycles. The first-order valence-electron chi connectivity index (χ1n) is 7.50. The minimum Gasteiger partial charge on any atom is -0.363 e. The van der Waals surface area contributed by atoms with Crippen molar-refractivity contribution in [1.29, 1.82) is 0 Å². The summed E-state index contributed by atoms with van der Waals surface area (Å²) in [5.41, 5.74) is 0.788. The minimum absolute atomic E-state index is 0.0254. The molecule has 2 heterocycles. The number of aryl methyl sites for hydroxylation is 2. The van der Waals surface area contributed by atoms with Gasteiger partial charge in [0.1, 0.15) is 0 Å². The Bertz CT molecular complexity index is 685. The molecule has 23 heavy (non-hydrogen) atoms. The van der Waals surface area contributed by atoms with E-state index in [0.29, 0.717) is 13.1 Å². The van der Waals surface area contributed by atoms with Gasteiger partial charge in [-0.05, 0) is 26.8 Å². The maximum atomic E-state index is 12.4. The maximum Gasteiger partial charge on any atom is 0.253 e. The minimum atomic E-state index is -3.34. The number of ether oxygens (including phenoxy) is 1. The molecule has 1 aliphatic heterocycles. The molecule has 1 aromatic rings. The molecule has 1 N–H and O–H groups in total. The topological polar surface area (TPSA) is 93.5 Å². The summed E-state index contributed by atoms with van der Waals surface area (Å²) in [6, 6.07) is 1.97. The highest BCUT2D eigenvalue weighted by molar-refractivity contribution is 7.88. The molecule has 1 fully saturated rings. The standard InChI is InChI=1S/C14H24N4O4S/c1-11-9-12(2)18(16-11)6-5-15-13(19)14(3)10-17(7-8-22-14)23(4,20)21/h9H,5-8,10H2,1-4H3,(H,15,19). The Kier molecular flexibility index (Phi) is 5.12. The molecule has 0 aliphatic carbocycles. The second-order valence-electron chi connectivity index (χ2n) is 6.08. The van der Waals surface area contributed by atoms with Crippen molar-refractivity contribution < 1.29 is 17.9 Å². The van der Waals surface area contributed by atoms with Crippen LogP contribution in [0.15, 0.2) is 6.07 Å². The predicted octanol–water partition coefficient (Wildman–Crippen LogP) is -0.333. The van der Waals surface area contributed by atoms with Crippen LogP contribution in [-0.4, -0.2) is 66.5 Å². The van der Waals surface area contributed by atoms with Crippen LogP contribution in [-0.2, 0) is 26.1 Å². The van der Waals surface area contributed by atoms with Gasteiger partial charge in [0.2, 0.25) is 10.0 Å². The lowest BCUT2D eigenvalue weighted by Crippen LogP contribution is -2.59. The summed E-state index contributed by atoms with van der Waals surface area (Å²) in [6.45, 7) is 6.94. The van der Waals surface area contributed by atoms with Crippen molar-refractivity contribution in [3.63, 3.8) is 0 Å². The highest BCUT2D eigenvalue weighted by atomic mass is 32.2. The van der Waals surface area contributed by atoms with Gasteiger partial charge in [-0.2, -0.15) is 9.40 Å². The van der Waals surface area contributed by atoms with E-state index in [2.05, 4.69) is 10.4 Å². The summed E-state index contributed by atoms with van der Waals surface area (Å²) in [5.74, 6) is -0.313. The summed E-state index contributed by atoms with van der Waals surface area (Å²) in [5, 5.41) is 7.13. The number of carbonyl (C=O) groups excluding carboxylic acids is 1. The quantitative estimate of drug-likeness (QED) is 0.789. The van der Waals surface area contributed by atoms with Gasteiger partial charge in [-0.3, -0.25) is 9.48 Å². The molecule has 1 amide bonds. The average Bonchev–Trinajstić information content (AvgIpc) is 2.76. The Morgan fingerprint density at radius 1 is 1.48 bits per heavy atom. The van der Waals surface area contributed by atoms with Crippen molar-refractivity contribution in [3.05, 3.63) is 17.5 Å². The fraction of sp³-hybridized carbons (Fsp3) is 0.714. The van der Waals surface area contributed by atoms with E-state index in [9.17, 15) is 13.2 Å². The number of morpholine rings is 1. The zero-order chi connectivity index (χ0) is 17.3. The molecule has 1 atom stereocenters. The third-order valence-corrected chi connectivity index (χ3v) is 5.15. The van der Waals surface area contributed by atoms with Crippen LogP contribution in [0, 0.1) is 13.8 Å². The Labute approximate surface area is 136 Å². The number of nitrogens with one attached hydrogen (secondary N) is 1. The lowest BCUT2D eigenvalue weighted by molar-refractivity contribution is -0.152. The van der Waals surface area contributed by atoms with E-state index >= 15 is 0 Å². The molecule has 0 aromatic carbocycles. The van der Waals surface area contributed by atoms with Gasteiger partial charge in [-0.1, -0.05) is 0 Å². The fourth-order valence-corrected chi connectivity index (χ4v) is 3.51. The second-order valence-corrected chi connectivity index (χ2v) is 8.06. The molecular formula is C14H24N4O4S. The number of hydrogen-bond acceptors (Lipinski definition) is 5. The molecule has 0 radical (unpaired) electrons. The molecule has 8 nitrogen and oxygen atoms in total. The van der Waals surface area contributed by atoms with Gasteiger partial charge in [-0.25, -0.2) is 8.42 Å². The van der Waals surface area contributed by atoms with E-state index in [-0.39, 0.29) is 25.6 Å². The number of nitrogens with zero attached hydrogens (tertiary/aromatic N) is 3. The maximum absolute atomic E-state index is 12.4. The van der Waals surface area contributed by atoms with Gasteiger partial charge in [0.05, 0.1) is 31.6 Å². The molecule has 1 unspecified atom stereocenters. The third kappa shape index (κ3) is 4.30. The number of hydrogen-bond donors (Lipinski definition) is 1.